The minimum absolute atomic E-state index is 0.0121. The molecule has 3 aromatic carbocycles. The first-order valence-electron chi connectivity index (χ1n) is 13.9. The van der Waals surface area contributed by atoms with E-state index in [1.807, 2.05) is 38.1 Å². The highest BCUT2D eigenvalue weighted by Gasteiger charge is 2.20. The van der Waals surface area contributed by atoms with E-state index in [1.165, 1.54) is 31.4 Å². The molecule has 6 heteroatoms. The molecule has 0 unspecified atom stereocenters. The molecule has 0 aliphatic rings. The third-order valence-corrected chi connectivity index (χ3v) is 6.90. The Bertz CT molecular complexity index is 1220. The molecular formula is C33H39FO5. The Kier molecular flexibility index (Phi) is 11.5. The quantitative estimate of drug-likeness (QED) is 0.120. The number of unbranched alkanes of at least 4 members (excludes halogenated alkanes) is 5. The maximum atomic E-state index is 15.5. The predicted octanol–water partition coefficient (Wildman–Crippen LogP) is 8.94. The molecule has 0 spiro atoms. The summed E-state index contributed by atoms with van der Waals surface area (Å²) in [5.41, 5.74) is 2.10. The van der Waals surface area contributed by atoms with Crippen LogP contribution in [-0.2, 0) is 4.79 Å². The Balaban J connectivity index is 1.72. The SMILES string of the molecule is CCCCCCCCOc1ccc(C(=O)O)c(-c2ccc(-c3ccc(OC(=O)C[C@@H](C)CC)cc3)cc2)c1F. The van der Waals surface area contributed by atoms with Crippen molar-refractivity contribution in [3.8, 4) is 33.8 Å². The van der Waals surface area contributed by atoms with Gasteiger partial charge in [-0.2, -0.15) is 0 Å². The number of carbonyl (C=O) groups is 2. The molecule has 208 valence electrons. The first-order valence-corrected chi connectivity index (χ1v) is 13.9. The minimum atomic E-state index is -1.20. The summed E-state index contributed by atoms with van der Waals surface area (Å²) in [6, 6.07) is 17.0. The fraction of sp³-hybridized carbons (Fsp3) is 0.394. The summed E-state index contributed by atoms with van der Waals surface area (Å²) in [6.07, 6.45) is 7.85. The standard InChI is InChI=1S/C33H39FO5/c1-4-6-7-8-9-10-21-38-29-20-19-28(33(36)37)31(32(29)34)26-13-11-24(12-14-26)25-15-17-27(18-16-25)39-30(35)22-23(3)5-2/h11-20,23H,4-10,21-22H2,1-3H3,(H,36,37)/t23-/m0/s1. The maximum Gasteiger partial charge on any atom is 0.336 e. The molecule has 0 aliphatic carbocycles. The number of benzene rings is 3. The lowest BCUT2D eigenvalue weighted by Gasteiger charge is -2.14. The molecule has 0 aromatic heterocycles. The molecule has 0 aliphatic heterocycles. The number of esters is 1. The monoisotopic (exact) mass is 534 g/mol. The molecule has 3 aromatic rings. The normalized spacial score (nSPS) is 11.7. The molecule has 0 bridgehead atoms. The number of carboxylic acid groups (broad SMARTS) is 1. The number of rotatable bonds is 15. The number of aromatic carboxylic acids is 1. The number of ether oxygens (including phenoxy) is 2. The van der Waals surface area contributed by atoms with Crippen molar-refractivity contribution in [3.63, 3.8) is 0 Å². The summed E-state index contributed by atoms with van der Waals surface area (Å²) in [5.74, 6) is -1.31. The van der Waals surface area contributed by atoms with E-state index >= 15 is 4.39 Å². The second kappa shape index (κ2) is 15.1. The number of carbonyl (C=O) groups excluding carboxylic acids is 1. The fourth-order valence-corrected chi connectivity index (χ4v) is 4.34. The van der Waals surface area contributed by atoms with Crippen LogP contribution in [0.4, 0.5) is 4.39 Å². The molecule has 0 saturated heterocycles. The van der Waals surface area contributed by atoms with Crippen molar-refractivity contribution in [1.82, 2.24) is 0 Å². The summed E-state index contributed by atoms with van der Waals surface area (Å²) in [4.78, 5) is 23.9. The third-order valence-electron chi connectivity index (χ3n) is 6.90. The second-order valence-electron chi connectivity index (χ2n) is 10.0. The van der Waals surface area contributed by atoms with E-state index in [-0.39, 0.29) is 28.8 Å². The molecule has 0 amide bonds. The van der Waals surface area contributed by atoms with Crippen molar-refractivity contribution in [3.05, 3.63) is 72.0 Å². The third kappa shape index (κ3) is 8.67. The van der Waals surface area contributed by atoms with Crippen LogP contribution in [-0.4, -0.2) is 23.7 Å². The van der Waals surface area contributed by atoms with Gasteiger partial charge in [0.15, 0.2) is 11.6 Å². The lowest BCUT2D eigenvalue weighted by atomic mass is 9.96. The van der Waals surface area contributed by atoms with Gasteiger partial charge in [0.25, 0.3) is 0 Å². The zero-order valence-corrected chi connectivity index (χ0v) is 23.2. The predicted molar refractivity (Wildman–Crippen MR) is 153 cm³/mol. The Morgan fingerprint density at radius 3 is 2.03 bits per heavy atom. The molecule has 0 heterocycles. The van der Waals surface area contributed by atoms with Gasteiger partial charge in [0.2, 0.25) is 0 Å². The lowest BCUT2D eigenvalue weighted by molar-refractivity contribution is -0.135. The van der Waals surface area contributed by atoms with Crippen LogP contribution in [0.1, 0.15) is 82.5 Å². The van der Waals surface area contributed by atoms with Crippen LogP contribution in [0.5, 0.6) is 11.5 Å². The summed E-state index contributed by atoms with van der Waals surface area (Å²) < 4.78 is 26.6. The van der Waals surface area contributed by atoms with Gasteiger partial charge in [-0.3, -0.25) is 4.79 Å². The highest BCUT2D eigenvalue weighted by atomic mass is 19.1. The van der Waals surface area contributed by atoms with Crippen LogP contribution in [0.15, 0.2) is 60.7 Å². The van der Waals surface area contributed by atoms with Gasteiger partial charge in [0.1, 0.15) is 5.75 Å². The van der Waals surface area contributed by atoms with Gasteiger partial charge >= 0.3 is 11.9 Å². The minimum Gasteiger partial charge on any atom is -0.490 e. The van der Waals surface area contributed by atoms with Gasteiger partial charge < -0.3 is 14.6 Å². The molecule has 1 atom stereocenters. The first-order chi connectivity index (χ1) is 18.8. The smallest absolute Gasteiger partial charge is 0.336 e. The Hall–Kier alpha value is -3.67. The van der Waals surface area contributed by atoms with E-state index in [9.17, 15) is 14.7 Å². The van der Waals surface area contributed by atoms with Crippen LogP contribution in [0.3, 0.4) is 0 Å². The average molecular weight is 535 g/mol. The molecule has 39 heavy (non-hydrogen) atoms. The molecule has 0 saturated carbocycles. The van der Waals surface area contributed by atoms with E-state index < -0.39 is 11.8 Å². The zero-order chi connectivity index (χ0) is 28.2. The number of carboxylic acids is 1. The number of hydrogen-bond donors (Lipinski definition) is 1. The molecule has 5 nitrogen and oxygen atoms in total. The van der Waals surface area contributed by atoms with Crippen LogP contribution >= 0.6 is 0 Å². The van der Waals surface area contributed by atoms with Crippen molar-refractivity contribution in [1.29, 1.82) is 0 Å². The molecule has 0 fully saturated rings. The summed E-state index contributed by atoms with van der Waals surface area (Å²) in [6.45, 7) is 6.61. The second-order valence-corrected chi connectivity index (χ2v) is 10.0. The van der Waals surface area contributed by atoms with Gasteiger partial charge in [-0.25, -0.2) is 9.18 Å². The van der Waals surface area contributed by atoms with Gasteiger partial charge in [0, 0.05) is 12.0 Å². The molecule has 1 N–H and O–H groups in total. The highest BCUT2D eigenvalue weighted by molar-refractivity contribution is 5.97. The van der Waals surface area contributed by atoms with Crippen molar-refractivity contribution >= 4 is 11.9 Å². The number of halogens is 1. The average Bonchev–Trinajstić information content (AvgIpc) is 2.93. The molecule has 3 rings (SSSR count). The van der Waals surface area contributed by atoms with Crippen molar-refractivity contribution in [2.24, 2.45) is 5.92 Å². The molecular weight excluding hydrogens is 495 g/mol. The van der Waals surface area contributed by atoms with E-state index in [4.69, 9.17) is 9.47 Å². The van der Waals surface area contributed by atoms with E-state index in [0.717, 1.165) is 36.8 Å². The zero-order valence-electron chi connectivity index (χ0n) is 23.2. The van der Waals surface area contributed by atoms with Gasteiger partial charge in [-0.05, 0) is 53.3 Å². The van der Waals surface area contributed by atoms with Crippen LogP contribution in [0.2, 0.25) is 0 Å². The summed E-state index contributed by atoms with van der Waals surface area (Å²) >= 11 is 0. The van der Waals surface area contributed by atoms with Crippen LogP contribution in [0, 0.1) is 11.7 Å². The van der Waals surface area contributed by atoms with Crippen molar-refractivity contribution in [2.75, 3.05) is 6.61 Å². The lowest BCUT2D eigenvalue weighted by Crippen LogP contribution is -2.11. The first kappa shape index (κ1) is 29.9. The Labute approximate surface area is 231 Å². The summed E-state index contributed by atoms with van der Waals surface area (Å²) in [5, 5.41) is 9.70. The van der Waals surface area contributed by atoms with Gasteiger partial charge in [-0.1, -0.05) is 95.7 Å². The molecule has 0 radical (unpaired) electrons. The van der Waals surface area contributed by atoms with Gasteiger partial charge in [-0.15, -0.1) is 0 Å². The topological polar surface area (TPSA) is 72.8 Å². The van der Waals surface area contributed by atoms with E-state index in [2.05, 4.69) is 6.92 Å². The number of hydrogen-bond acceptors (Lipinski definition) is 4. The Morgan fingerprint density at radius 1 is 0.821 bits per heavy atom. The van der Waals surface area contributed by atoms with E-state index in [0.29, 0.717) is 24.3 Å². The van der Waals surface area contributed by atoms with Crippen molar-refractivity contribution in [2.45, 2.75) is 72.1 Å². The fourth-order valence-electron chi connectivity index (χ4n) is 4.34. The van der Waals surface area contributed by atoms with E-state index in [1.54, 1.807) is 24.3 Å². The summed E-state index contributed by atoms with van der Waals surface area (Å²) in [7, 11) is 0. The van der Waals surface area contributed by atoms with Crippen LogP contribution < -0.4 is 9.47 Å². The van der Waals surface area contributed by atoms with Crippen LogP contribution in [0.25, 0.3) is 22.3 Å². The Morgan fingerprint density at radius 2 is 1.41 bits per heavy atom. The highest BCUT2D eigenvalue weighted by Crippen LogP contribution is 2.34. The van der Waals surface area contributed by atoms with Gasteiger partial charge in [0.05, 0.1) is 12.2 Å². The van der Waals surface area contributed by atoms with Crippen molar-refractivity contribution < 1.29 is 28.6 Å². The largest absolute Gasteiger partial charge is 0.490 e. The maximum absolute atomic E-state index is 15.5.